The molecule has 0 aliphatic carbocycles. The van der Waals surface area contributed by atoms with Crippen LogP contribution in [-0.4, -0.2) is 42.5 Å². The topological polar surface area (TPSA) is 58.4 Å². The first-order valence-corrected chi connectivity index (χ1v) is 6.66. The Balaban J connectivity index is 2.35. The zero-order valence-corrected chi connectivity index (χ0v) is 11.6. The van der Waals surface area contributed by atoms with Gasteiger partial charge in [-0.15, -0.1) is 0 Å². The molecule has 3 N–H and O–H groups in total. The van der Waals surface area contributed by atoms with Crippen LogP contribution < -0.4 is 11.1 Å². The van der Waals surface area contributed by atoms with E-state index in [9.17, 15) is 4.79 Å². The summed E-state index contributed by atoms with van der Waals surface area (Å²) in [6.07, 6.45) is 1.32. The fourth-order valence-electron chi connectivity index (χ4n) is 2.75. The van der Waals surface area contributed by atoms with Crippen LogP contribution in [0.25, 0.3) is 0 Å². The molecule has 1 aliphatic rings. The molecule has 0 radical (unpaired) electrons. The first kappa shape index (κ1) is 14.5. The van der Waals surface area contributed by atoms with E-state index in [0.717, 1.165) is 31.5 Å². The molecule has 0 aromatic carbocycles. The summed E-state index contributed by atoms with van der Waals surface area (Å²) < 4.78 is 0. The normalized spacial score (nSPS) is 29.7. The Morgan fingerprint density at radius 1 is 1.35 bits per heavy atom. The van der Waals surface area contributed by atoms with E-state index in [4.69, 9.17) is 5.73 Å². The van der Waals surface area contributed by atoms with Gasteiger partial charge in [-0.25, -0.2) is 0 Å². The second kappa shape index (κ2) is 6.36. The second-order valence-electron chi connectivity index (χ2n) is 5.86. The van der Waals surface area contributed by atoms with Crippen LogP contribution in [0, 0.1) is 11.8 Å². The van der Waals surface area contributed by atoms with Gasteiger partial charge in [0.1, 0.15) is 0 Å². The average molecular weight is 241 g/mol. The number of carbonyl (C=O) groups is 1. The van der Waals surface area contributed by atoms with Gasteiger partial charge in [0.2, 0.25) is 5.91 Å². The molecule has 1 heterocycles. The number of piperidine rings is 1. The van der Waals surface area contributed by atoms with E-state index in [1.807, 2.05) is 6.92 Å². The molecule has 3 unspecified atom stereocenters. The molecule has 4 heteroatoms. The lowest BCUT2D eigenvalue weighted by Crippen LogP contribution is -2.49. The number of nitrogens with zero attached hydrogens (tertiary/aromatic N) is 1. The minimum atomic E-state index is -0.420. The van der Waals surface area contributed by atoms with E-state index in [1.165, 1.54) is 6.42 Å². The lowest BCUT2D eigenvalue weighted by molar-refractivity contribution is -0.122. The Kier molecular flexibility index (Phi) is 5.40. The van der Waals surface area contributed by atoms with Gasteiger partial charge in [-0.2, -0.15) is 0 Å². The highest BCUT2D eigenvalue weighted by molar-refractivity contribution is 5.81. The zero-order valence-electron chi connectivity index (χ0n) is 11.6. The molecule has 1 amide bonds. The maximum atomic E-state index is 11.5. The summed E-state index contributed by atoms with van der Waals surface area (Å²) >= 11 is 0. The van der Waals surface area contributed by atoms with Crippen molar-refractivity contribution in [2.75, 3.05) is 19.6 Å². The van der Waals surface area contributed by atoms with Crippen LogP contribution in [0.5, 0.6) is 0 Å². The Hall–Kier alpha value is -0.610. The van der Waals surface area contributed by atoms with E-state index in [-0.39, 0.29) is 11.9 Å². The zero-order chi connectivity index (χ0) is 13.0. The quantitative estimate of drug-likeness (QED) is 0.766. The third-order valence-electron chi connectivity index (χ3n) is 3.28. The lowest BCUT2D eigenvalue weighted by atomic mass is 9.92. The highest BCUT2D eigenvalue weighted by atomic mass is 16.2. The molecule has 4 nitrogen and oxygen atoms in total. The van der Waals surface area contributed by atoms with Gasteiger partial charge in [-0.05, 0) is 32.1 Å². The van der Waals surface area contributed by atoms with Crippen molar-refractivity contribution in [3.05, 3.63) is 0 Å². The molecule has 0 spiro atoms. The van der Waals surface area contributed by atoms with Crippen molar-refractivity contribution in [2.24, 2.45) is 17.6 Å². The number of amides is 1. The van der Waals surface area contributed by atoms with Crippen LogP contribution in [0.2, 0.25) is 0 Å². The molecule has 100 valence electrons. The summed E-state index contributed by atoms with van der Waals surface area (Å²) in [6, 6.07) is -0.248. The van der Waals surface area contributed by atoms with Gasteiger partial charge in [-0.1, -0.05) is 13.8 Å². The van der Waals surface area contributed by atoms with Crippen LogP contribution in [-0.2, 0) is 4.79 Å². The number of likely N-dealkylation sites (tertiary alicyclic amines) is 1. The van der Waals surface area contributed by atoms with E-state index in [2.05, 4.69) is 24.1 Å². The van der Waals surface area contributed by atoms with E-state index in [1.54, 1.807) is 6.92 Å². The molecule has 1 fully saturated rings. The smallest absolute Gasteiger partial charge is 0.236 e. The second-order valence-corrected chi connectivity index (χ2v) is 5.86. The summed E-state index contributed by atoms with van der Waals surface area (Å²) in [5.41, 5.74) is 5.54. The predicted octanol–water partition coefficient (Wildman–Crippen LogP) is 0.816. The molecule has 0 bridgehead atoms. The molecule has 1 saturated heterocycles. The summed E-state index contributed by atoms with van der Waals surface area (Å²) in [5.74, 6) is 1.46. The summed E-state index contributed by atoms with van der Waals surface area (Å²) in [5, 5.41) is 2.95. The van der Waals surface area contributed by atoms with Crippen molar-refractivity contribution in [2.45, 2.75) is 46.2 Å². The third-order valence-corrected chi connectivity index (χ3v) is 3.28. The maximum Gasteiger partial charge on any atom is 0.236 e. The number of carbonyl (C=O) groups excluding carboxylic acids is 1. The highest BCUT2D eigenvalue weighted by Crippen LogP contribution is 2.20. The van der Waals surface area contributed by atoms with Gasteiger partial charge in [0, 0.05) is 25.7 Å². The van der Waals surface area contributed by atoms with Crippen LogP contribution >= 0.6 is 0 Å². The van der Waals surface area contributed by atoms with Crippen molar-refractivity contribution in [3.8, 4) is 0 Å². The summed E-state index contributed by atoms with van der Waals surface area (Å²) in [7, 11) is 0. The van der Waals surface area contributed by atoms with Crippen molar-refractivity contribution in [3.63, 3.8) is 0 Å². The molecule has 0 aromatic rings. The van der Waals surface area contributed by atoms with Gasteiger partial charge < -0.3 is 16.0 Å². The van der Waals surface area contributed by atoms with Crippen LogP contribution in [0.15, 0.2) is 0 Å². The monoisotopic (exact) mass is 241 g/mol. The predicted molar refractivity (Wildman–Crippen MR) is 70.6 cm³/mol. The molecule has 1 rings (SSSR count). The SMILES string of the molecule is CC1CC(C)CN(CC(C)NC(=O)[C@@H](C)N)C1. The van der Waals surface area contributed by atoms with E-state index >= 15 is 0 Å². The van der Waals surface area contributed by atoms with Gasteiger partial charge in [-0.3, -0.25) is 4.79 Å². The maximum absolute atomic E-state index is 11.5. The number of rotatable bonds is 4. The van der Waals surface area contributed by atoms with Crippen LogP contribution in [0.1, 0.15) is 34.1 Å². The molecule has 0 aromatic heterocycles. The number of hydrogen-bond donors (Lipinski definition) is 2. The van der Waals surface area contributed by atoms with Gasteiger partial charge in [0.15, 0.2) is 0 Å². The van der Waals surface area contributed by atoms with Crippen LogP contribution in [0.4, 0.5) is 0 Å². The van der Waals surface area contributed by atoms with E-state index < -0.39 is 6.04 Å². The number of hydrogen-bond acceptors (Lipinski definition) is 3. The van der Waals surface area contributed by atoms with Gasteiger partial charge >= 0.3 is 0 Å². The molecular formula is C13H27N3O. The number of nitrogens with one attached hydrogen (secondary N) is 1. The van der Waals surface area contributed by atoms with Crippen molar-refractivity contribution in [1.29, 1.82) is 0 Å². The molecule has 1 aliphatic heterocycles. The highest BCUT2D eigenvalue weighted by Gasteiger charge is 2.23. The summed E-state index contributed by atoms with van der Waals surface area (Å²) in [6.45, 7) is 11.6. The third kappa shape index (κ3) is 5.04. The van der Waals surface area contributed by atoms with Gasteiger partial charge in [0.05, 0.1) is 6.04 Å². The van der Waals surface area contributed by atoms with Crippen molar-refractivity contribution >= 4 is 5.91 Å². The lowest BCUT2D eigenvalue weighted by Gasteiger charge is -2.36. The summed E-state index contributed by atoms with van der Waals surface area (Å²) in [4.78, 5) is 13.9. The minimum Gasteiger partial charge on any atom is -0.351 e. The molecular weight excluding hydrogens is 214 g/mol. The Bertz CT molecular complexity index is 245. The average Bonchev–Trinajstić information content (AvgIpc) is 2.14. The first-order valence-electron chi connectivity index (χ1n) is 6.66. The first-order chi connectivity index (χ1) is 7.88. The fourth-order valence-corrected chi connectivity index (χ4v) is 2.75. The van der Waals surface area contributed by atoms with Crippen molar-refractivity contribution in [1.82, 2.24) is 10.2 Å². The molecule has 0 saturated carbocycles. The largest absolute Gasteiger partial charge is 0.351 e. The molecule has 17 heavy (non-hydrogen) atoms. The Morgan fingerprint density at radius 3 is 2.35 bits per heavy atom. The minimum absolute atomic E-state index is 0.0596. The number of nitrogens with two attached hydrogens (primary N) is 1. The standard InChI is InChI=1S/C13H27N3O/c1-9-5-10(2)7-16(6-9)8-11(3)15-13(17)12(4)14/h9-12H,5-8,14H2,1-4H3,(H,15,17)/t9?,10?,11?,12-/m1/s1. The fraction of sp³-hybridized carbons (Fsp3) is 0.923. The Labute approximate surface area is 105 Å². The molecule has 4 atom stereocenters. The van der Waals surface area contributed by atoms with Crippen molar-refractivity contribution < 1.29 is 4.79 Å². The van der Waals surface area contributed by atoms with Crippen LogP contribution in [0.3, 0.4) is 0 Å². The van der Waals surface area contributed by atoms with E-state index in [0.29, 0.717) is 0 Å². The Morgan fingerprint density at radius 2 is 1.88 bits per heavy atom. The van der Waals surface area contributed by atoms with Gasteiger partial charge in [0.25, 0.3) is 0 Å².